The van der Waals surface area contributed by atoms with Crippen LogP contribution >= 0.6 is 11.8 Å². The minimum atomic E-state index is 0.158. The van der Waals surface area contributed by atoms with E-state index in [1.54, 1.807) is 7.05 Å². The number of amides is 1. The van der Waals surface area contributed by atoms with Gasteiger partial charge in [0.05, 0.1) is 0 Å². The first-order valence-electron chi connectivity index (χ1n) is 8.69. The van der Waals surface area contributed by atoms with E-state index in [4.69, 9.17) is 0 Å². The minimum absolute atomic E-state index is 0.158. The predicted octanol–water partition coefficient (Wildman–Crippen LogP) is 0.459. The highest BCUT2D eigenvalue weighted by molar-refractivity contribution is 7.99. The van der Waals surface area contributed by atoms with Crippen LogP contribution in [0, 0.1) is 5.92 Å². The molecule has 0 bridgehead atoms. The van der Waals surface area contributed by atoms with Gasteiger partial charge in [0.15, 0.2) is 5.96 Å². The second-order valence-corrected chi connectivity index (χ2v) is 7.46. The Labute approximate surface area is 144 Å². The average Bonchev–Trinajstić information content (AvgIpc) is 2.60. The number of piperidine rings is 1. The number of likely N-dealkylation sites (tertiary alicyclic amines) is 1. The van der Waals surface area contributed by atoms with E-state index in [0.717, 1.165) is 45.0 Å². The Hall–Kier alpha value is -0.950. The summed E-state index contributed by atoms with van der Waals surface area (Å²) in [7, 11) is 3.57. The quantitative estimate of drug-likeness (QED) is 0.562. The number of guanidine groups is 1. The Kier molecular flexibility index (Phi) is 8.02. The number of thioether (sulfide) groups is 1. The van der Waals surface area contributed by atoms with Gasteiger partial charge in [0.2, 0.25) is 5.91 Å². The highest BCUT2D eigenvalue weighted by atomic mass is 32.2. The van der Waals surface area contributed by atoms with E-state index < -0.39 is 0 Å². The average molecular weight is 342 g/mol. The van der Waals surface area contributed by atoms with E-state index in [9.17, 15) is 4.79 Å². The van der Waals surface area contributed by atoms with E-state index in [1.165, 1.54) is 24.6 Å². The van der Waals surface area contributed by atoms with Crippen LogP contribution in [0.4, 0.5) is 0 Å². The van der Waals surface area contributed by atoms with E-state index in [0.29, 0.717) is 12.3 Å². The van der Waals surface area contributed by atoms with Crippen LogP contribution in [0.5, 0.6) is 0 Å². The minimum Gasteiger partial charge on any atom is -0.359 e. The molecule has 2 aliphatic heterocycles. The fourth-order valence-electron chi connectivity index (χ4n) is 3.20. The van der Waals surface area contributed by atoms with Crippen LogP contribution in [-0.2, 0) is 4.79 Å². The molecule has 2 rings (SSSR count). The standard InChI is InChI=1S/C16H31N5OS/c1-17-15(22)13-14-3-6-21(7-4-14)16(18-2)19-5-8-20-9-11-23-12-10-20/h14H,3-13H2,1-2H3,(H,17,22)(H,18,19). The maximum absolute atomic E-state index is 11.5. The molecule has 0 unspecified atom stereocenters. The van der Waals surface area contributed by atoms with Gasteiger partial charge >= 0.3 is 0 Å². The zero-order chi connectivity index (χ0) is 16.5. The van der Waals surface area contributed by atoms with Gasteiger partial charge in [-0.25, -0.2) is 0 Å². The van der Waals surface area contributed by atoms with Crippen molar-refractivity contribution in [1.29, 1.82) is 0 Å². The summed E-state index contributed by atoms with van der Waals surface area (Å²) in [5, 5.41) is 6.22. The molecule has 23 heavy (non-hydrogen) atoms. The third-order valence-corrected chi connectivity index (χ3v) is 5.64. The molecular weight excluding hydrogens is 310 g/mol. The molecule has 2 heterocycles. The first-order chi connectivity index (χ1) is 11.2. The molecule has 7 heteroatoms. The molecule has 0 aromatic heterocycles. The first kappa shape index (κ1) is 18.4. The molecule has 2 saturated heterocycles. The number of carbonyl (C=O) groups is 1. The Balaban J connectivity index is 1.67. The van der Waals surface area contributed by atoms with E-state index in [2.05, 4.69) is 25.4 Å². The molecule has 0 atom stereocenters. The summed E-state index contributed by atoms with van der Waals surface area (Å²) in [6, 6.07) is 0. The third kappa shape index (κ3) is 6.22. The van der Waals surface area contributed by atoms with Gasteiger partial charge in [0.1, 0.15) is 0 Å². The van der Waals surface area contributed by atoms with Crippen molar-refractivity contribution in [3.63, 3.8) is 0 Å². The Morgan fingerprint density at radius 3 is 2.52 bits per heavy atom. The number of aliphatic imine (C=N–C) groups is 1. The van der Waals surface area contributed by atoms with E-state index >= 15 is 0 Å². The molecule has 2 aliphatic rings. The fraction of sp³-hybridized carbons (Fsp3) is 0.875. The van der Waals surface area contributed by atoms with Gasteiger partial charge < -0.3 is 15.5 Å². The van der Waals surface area contributed by atoms with Gasteiger partial charge in [-0.2, -0.15) is 11.8 Å². The lowest BCUT2D eigenvalue weighted by atomic mass is 9.93. The molecule has 0 spiro atoms. The van der Waals surface area contributed by atoms with Crippen LogP contribution in [0.25, 0.3) is 0 Å². The summed E-state index contributed by atoms with van der Waals surface area (Å²) in [5.41, 5.74) is 0. The number of rotatable bonds is 5. The summed E-state index contributed by atoms with van der Waals surface area (Å²) in [6.45, 7) is 6.43. The molecule has 6 nitrogen and oxygen atoms in total. The summed E-state index contributed by atoms with van der Waals surface area (Å²) in [6.07, 6.45) is 2.79. The van der Waals surface area contributed by atoms with Crippen molar-refractivity contribution in [3.05, 3.63) is 0 Å². The molecule has 1 amide bonds. The molecule has 0 saturated carbocycles. The summed E-state index contributed by atoms with van der Waals surface area (Å²) in [5.74, 6) is 4.19. The van der Waals surface area contributed by atoms with Crippen molar-refractivity contribution >= 4 is 23.6 Å². The van der Waals surface area contributed by atoms with Crippen molar-refractivity contribution < 1.29 is 4.79 Å². The SMILES string of the molecule is CN=C(NCCN1CCSCC1)N1CCC(CC(=O)NC)CC1. The van der Waals surface area contributed by atoms with Gasteiger partial charge in [-0.1, -0.05) is 0 Å². The van der Waals surface area contributed by atoms with Crippen LogP contribution in [0.2, 0.25) is 0 Å². The lowest BCUT2D eigenvalue weighted by Crippen LogP contribution is -2.48. The van der Waals surface area contributed by atoms with Crippen molar-refractivity contribution in [2.45, 2.75) is 19.3 Å². The molecular formula is C16H31N5OS. The van der Waals surface area contributed by atoms with Crippen molar-refractivity contribution in [3.8, 4) is 0 Å². The van der Waals surface area contributed by atoms with Crippen LogP contribution in [-0.4, -0.2) is 86.5 Å². The highest BCUT2D eigenvalue weighted by Gasteiger charge is 2.23. The molecule has 2 N–H and O–H groups in total. The maximum Gasteiger partial charge on any atom is 0.220 e. The van der Waals surface area contributed by atoms with Gasteiger partial charge in [0.25, 0.3) is 0 Å². The van der Waals surface area contributed by atoms with Crippen molar-refractivity contribution in [2.75, 3.05) is 64.9 Å². The van der Waals surface area contributed by atoms with Crippen LogP contribution in [0.3, 0.4) is 0 Å². The maximum atomic E-state index is 11.5. The summed E-state index contributed by atoms with van der Waals surface area (Å²) in [4.78, 5) is 20.7. The Bertz CT molecular complexity index is 390. The smallest absolute Gasteiger partial charge is 0.220 e. The highest BCUT2D eigenvalue weighted by Crippen LogP contribution is 2.20. The molecule has 132 valence electrons. The fourth-order valence-corrected chi connectivity index (χ4v) is 4.17. The first-order valence-corrected chi connectivity index (χ1v) is 9.84. The van der Waals surface area contributed by atoms with Crippen LogP contribution in [0.15, 0.2) is 4.99 Å². The molecule has 0 aromatic rings. The summed E-state index contributed by atoms with van der Waals surface area (Å²) < 4.78 is 0. The topological polar surface area (TPSA) is 60.0 Å². The summed E-state index contributed by atoms with van der Waals surface area (Å²) >= 11 is 2.05. The number of carbonyl (C=O) groups excluding carboxylic acids is 1. The molecule has 0 aromatic carbocycles. The number of hydrogen-bond acceptors (Lipinski definition) is 4. The van der Waals surface area contributed by atoms with Crippen molar-refractivity contribution in [2.24, 2.45) is 10.9 Å². The zero-order valence-corrected chi connectivity index (χ0v) is 15.3. The van der Waals surface area contributed by atoms with E-state index in [-0.39, 0.29) is 5.91 Å². The second-order valence-electron chi connectivity index (χ2n) is 6.24. The lowest BCUT2D eigenvalue weighted by Gasteiger charge is -2.34. The van der Waals surface area contributed by atoms with E-state index in [1.807, 2.05) is 18.8 Å². The van der Waals surface area contributed by atoms with Gasteiger partial charge in [-0.15, -0.1) is 0 Å². The van der Waals surface area contributed by atoms with Gasteiger partial charge in [0, 0.05) is 71.3 Å². The van der Waals surface area contributed by atoms with Gasteiger partial charge in [-0.05, 0) is 18.8 Å². The largest absolute Gasteiger partial charge is 0.359 e. The van der Waals surface area contributed by atoms with Crippen molar-refractivity contribution in [1.82, 2.24) is 20.4 Å². The molecule has 2 fully saturated rings. The normalized spacial score (nSPS) is 21.3. The monoisotopic (exact) mass is 341 g/mol. The Morgan fingerprint density at radius 2 is 1.91 bits per heavy atom. The number of nitrogens with one attached hydrogen (secondary N) is 2. The third-order valence-electron chi connectivity index (χ3n) is 4.69. The van der Waals surface area contributed by atoms with Crippen LogP contribution in [0.1, 0.15) is 19.3 Å². The Morgan fingerprint density at radius 1 is 1.22 bits per heavy atom. The van der Waals surface area contributed by atoms with Crippen LogP contribution < -0.4 is 10.6 Å². The molecule has 0 aliphatic carbocycles. The predicted molar refractivity (Wildman–Crippen MR) is 98.1 cm³/mol. The number of nitrogens with zero attached hydrogens (tertiary/aromatic N) is 3. The number of hydrogen-bond donors (Lipinski definition) is 2. The second kappa shape index (κ2) is 10.0. The zero-order valence-electron chi connectivity index (χ0n) is 14.5. The molecule has 0 radical (unpaired) electrons. The lowest BCUT2D eigenvalue weighted by molar-refractivity contribution is -0.121. The van der Waals surface area contributed by atoms with Gasteiger partial charge in [-0.3, -0.25) is 14.7 Å².